The van der Waals surface area contributed by atoms with Gasteiger partial charge >= 0.3 is 12.2 Å². The van der Waals surface area contributed by atoms with Gasteiger partial charge in [-0.1, -0.05) is 6.58 Å². The van der Waals surface area contributed by atoms with Crippen molar-refractivity contribution in [1.82, 2.24) is 10.6 Å². The molecule has 132 valence electrons. The van der Waals surface area contributed by atoms with Crippen LogP contribution in [0.4, 0.5) is 26.7 Å². The van der Waals surface area contributed by atoms with Gasteiger partial charge in [-0.15, -0.1) is 0 Å². The molecule has 1 atom stereocenters. The lowest BCUT2D eigenvalue weighted by Gasteiger charge is -2.36. The molecule has 4 nitrogen and oxygen atoms in total. The molecule has 0 aromatic heterocycles. The fraction of sp³-hybridized carbons (Fsp3) is 0.643. The molecule has 1 rings (SSSR count). The lowest BCUT2D eigenvalue weighted by atomic mass is 9.80. The van der Waals surface area contributed by atoms with Crippen molar-refractivity contribution in [1.29, 1.82) is 0 Å². The molecule has 1 aliphatic carbocycles. The third kappa shape index (κ3) is 6.07. The first-order valence-corrected chi connectivity index (χ1v) is 6.97. The Kier molecular flexibility index (Phi) is 6.40. The van der Waals surface area contributed by atoms with Gasteiger partial charge in [-0.25, -0.2) is 13.6 Å². The van der Waals surface area contributed by atoms with Crippen molar-refractivity contribution < 1.29 is 31.5 Å². The number of allylic oxidation sites excluding steroid dienone is 1. The van der Waals surface area contributed by atoms with Crippen molar-refractivity contribution >= 4 is 6.03 Å². The van der Waals surface area contributed by atoms with E-state index in [0.717, 1.165) is 6.92 Å². The molecule has 0 radical (unpaired) electrons. The summed E-state index contributed by atoms with van der Waals surface area (Å²) in [4.78, 5) is 11.5. The summed E-state index contributed by atoms with van der Waals surface area (Å²) < 4.78 is 67.7. The van der Waals surface area contributed by atoms with E-state index in [2.05, 4.69) is 21.9 Å². The van der Waals surface area contributed by atoms with E-state index >= 15 is 0 Å². The van der Waals surface area contributed by atoms with Crippen molar-refractivity contribution in [2.75, 3.05) is 6.54 Å². The quantitative estimate of drug-likeness (QED) is 0.439. The smallest absolute Gasteiger partial charge is 0.391 e. The summed E-state index contributed by atoms with van der Waals surface area (Å²) in [5.74, 6) is -2.60. The molecule has 2 amide bonds. The summed E-state index contributed by atoms with van der Waals surface area (Å²) >= 11 is 0. The second kappa shape index (κ2) is 7.65. The van der Waals surface area contributed by atoms with Gasteiger partial charge < -0.3 is 15.4 Å². The number of alkyl halides is 4. The van der Waals surface area contributed by atoms with Crippen molar-refractivity contribution in [3.8, 4) is 0 Å². The SMILES string of the molecule is C=C(CNC(=O)NC1CC(C(F)(F)F)C1)/C(F)=C(\C)OC(C)F. The second-order valence-corrected chi connectivity index (χ2v) is 5.37. The van der Waals surface area contributed by atoms with Crippen molar-refractivity contribution in [2.45, 2.75) is 45.3 Å². The number of carbonyl (C=O) groups is 1. The Labute approximate surface area is 130 Å². The van der Waals surface area contributed by atoms with Crippen LogP contribution in [0.25, 0.3) is 0 Å². The lowest BCUT2D eigenvalue weighted by molar-refractivity contribution is -0.198. The zero-order chi connectivity index (χ0) is 17.8. The molecule has 0 bridgehead atoms. The first-order chi connectivity index (χ1) is 10.5. The number of rotatable bonds is 6. The van der Waals surface area contributed by atoms with Crippen LogP contribution in [0.3, 0.4) is 0 Å². The van der Waals surface area contributed by atoms with E-state index in [1.165, 1.54) is 6.92 Å². The van der Waals surface area contributed by atoms with Gasteiger partial charge in [-0.2, -0.15) is 13.2 Å². The van der Waals surface area contributed by atoms with Crippen LogP contribution in [0, 0.1) is 5.92 Å². The topological polar surface area (TPSA) is 50.4 Å². The second-order valence-electron chi connectivity index (χ2n) is 5.37. The van der Waals surface area contributed by atoms with Crippen LogP contribution < -0.4 is 10.6 Å². The molecule has 2 N–H and O–H groups in total. The zero-order valence-electron chi connectivity index (χ0n) is 12.8. The highest BCUT2D eigenvalue weighted by Crippen LogP contribution is 2.40. The standard InChI is InChI=1S/C14H19F5N2O2/c1-7(12(16)8(2)23-9(3)15)6-20-13(22)21-11-4-10(5-11)14(17,18)19/h9-11H,1,4-6H2,2-3H3,(H2,20,21,22)/b12-8-. The molecule has 1 saturated carbocycles. The van der Waals surface area contributed by atoms with Crippen molar-refractivity contribution in [3.05, 3.63) is 23.7 Å². The normalized spacial score (nSPS) is 23.3. The predicted molar refractivity (Wildman–Crippen MR) is 73.7 cm³/mol. The fourth-order valence-corrected chi connectivity index (χ4v) is 2.05. The van der Waals surface area contributed by atoms with Crippen LogP contribution in [-0.2, 0) is 4.74 Å². The summed E-state index contributed by atoms with van der Waals surface area (Å²) in [5.41, 5.74) is -0.139. The summed E-state index contributed by atoms with van der Waals surface area (Å²) in [6.07, 6.45) is -6.28. The average molecular weight is 342 g/mol. The first-order valence-electron chi connectivity index (χ1n) is 6.97. The van der Waals surface area contributed by atoms with Crippen LogP contribution in [0.5, 0.6) is 0 Å². The summed E-state index contributed by atoms with van der Waals surface area (Å²) in [7, 11) is 0. The molecule has 23 heavy (non-hydrogen) atoms. The number of amides is 2. The van der Waals surface area contributed by atoms with Gasteiger partial charge in [0.25, 0.3) is 0 Å². The summed E-state index contributed by atoms with van der Waals surface area (Å²) in [5, 5.41) is 4.62. The van der Waals surface area contributed by atoms with E-state index in [0.29, 0.717) is 0 Å². The minimum atomic E-state index is -4.25. The van der Waals surface area contributed by atoms with Crippen LogP contribution in [0.15, 0.2) is 23.7 Å². The molecule has 0 heterocycles. The number of halogens is 5. The Bertz CT molecular complexity index is 482. The van der Waals surface area contributed by atoms with Crippen molar-refractivity contribution in [3.63, 3.8) is 0 Å². The number of urea groups is 1. The van der Waals surface area contributed by atoms with Crippen LogP contribution >= 0.6 is 0 Å². The van der Waals surface area contributed by atoms with E-state index in [1.807, 2.05) is 0 Å². The molecule has 0 saturated heterocycles. The largest absolute Gasteiger partial charge is 0.462 e. The van der Waals surface area contributed by atoms with Crippen molar-refractivity contribution in [2.24, 2.45) is 5.92 Å². The maximum absolute atomic E-state index is 13.7. The van der Waals surface area contributed by atoms with Gasteiger partial charge in [0.1, 0.15) is 5.76 Å². The van der Waals surface area contributed by atoms with Gasteiger partial charge in [-0.05, 0) is 19.8 Å². The van der Waals surface area contributed by atoms with Gasteiger partial charge in [0, 0.05) is 25.1 Å². The van der Waals surface area contributed by atoms with Crippen LogP contribution in [-0.4, -0.2) is 31.2 Å². The summed E-state index contributed by atoms with van der Waals surface area (Å²) in [6.45, 7) is 5.39. The van der Waals surface area contributed by atoms with E-state index in [4.69, 9.17) is 0 Å². The van der Waals surface area contributed by atoms with Gasteiger partial charge in [0.2, 0.25) is 6.36 Å². The summed E-state index contributed by atoms with van der Waals surface area (Å²) in [6, 6.07) is -1.28. The van der Waals surface area contributed by atoms with E-state index < -0.39 is 36.4 Å². The minimum absolute atomic E-state index is 0.139. The van der Waals surface area contributed by atoms with Crippen LogP contribution in [0.1, 0.15) is 26.7 Å². The number of ether oxygens (including phenoxy) is 1. The number of nitrogens with one attached hydrogen (secondary N) is 2. The maximum atomic E-state index is 13.7. The molecular weight excluding hydrogens is 323 g/mol. The molecule has 1 unspecified atom stereocenters. The van der Waals surface area contributed by atoms with E-state index in [1.54, 1.807) is 0 Å². The van der Waals surface area contributed by atoms with E-state index in [-0.39, 0.29) is 30.7 Å². The molecule has 1 fully saturated rings. The Morgan fingerprint density at radius 3 is 2.43 bits per heavy atom. The molecule has 9 heteroatoms. The van der Waals surface area contributed by atoms with E-state index in [9.17, 15) is 26.7 Å². The Balaban J connectivity index is 2.33. The molecule has 1 aliphatic rings. The molecule has 0 aromatic carbocycles. The molecule has 0 aromatic rings. The monoisotopic (exact) mass is 342 g/mol. The number of hydrogen-bond acceptors (Lipinski definition) is 2. The van der Waals surface area contributed by atoms with Crippen LogP contribution in [0.2, 0.25) is 0 Å². The highest BCUT2D eigenvalue weighted by molar-refractivity contribution is 5.74. The first kappa shape index (κ1) is 19.2. The predicted octanol–water partition coefficient (Wildman–Crippen LogP) is 3.72. The average Bonchev–Trinajstić information content (AvgIpc) is 2.36. The van der Waals surface area contributed by atoms with Gasteiger partial charge in [0.05, 0.1) is 5.92 Å². The third-order valence-electron chi connectivity index (χ3n) is 3.36. The minimum Gasteiger partial charge on any atom is -0.462 e. The van der Waals surface area contributed by atoms with Gasteiger partial charge in [0.15, 0.2) is 5.83 Å². The Morgan fingerprint density at radius 1 is 1.39 bits per heavy atom. The highest BCUT2D eigenvalue weighted by atomic mass is 19.4. The molecular formula is C14H19F5N2O2. The Morgan fingerprint density at radius 2 is 1.96 bits per heavy atom. The number of hydrogen-bond donors (Lipinski definition) is 2. The zero-order valence-corrected chi connectivity index (χ0v) is 12.8. The number of carbonyl (C=O) groups excluding carboxylic acids is 1. The fourth-order valence-electron chi connectivity index (χ4n) is 2.05. The maximum Gasteiger partial charge on any atom is 0.391 e. The molecule has 0 spiro atoms. The Hall–Kier alpha value is -1.80. The third-order valence-corrected chi connectivity index (χ3v) is 3.36. The lowest BCUT2D eigenvalue weighted by Crippen LogP contribution is -2.51. The molecule has 0 aliphatic heterocycles. The highest BCUT2D eigenvalue weighted by Gasteiger charge is 2.48. The van der Waals surface area contributed by atoms with Gasteiger partial charge in [-0.3, -0.25) is 0 Å².